The average Bonchev–Trinajstić information content (AvgIpc) is 3.99. The molecule has 54 heavy (non-hydrogen) atoms. The van der Waals surface area contributed by atoms with E-state index in [-0.39, 0.29) is 45.3 Å². The molecule has 0 spiro atoms. The van der Waals surface area contributed by atoms with E-state index in [0.29, 0.717) is 24.0 Å². The SMILES string of the molecule is C=C[C@@H]1C[C@]1(NC(=O)[C@@H]1C[C@@H](OC(=O)N2Cc3cccc(F)c3C2)CN1C(=O)[C@@H](CC/C=C/C(=O)OC)NC(=O)OC(C)(C)C)C(=O)NS(=O)(=O)C1CC1. The number of fused-ring (bicyclic) bond motifs is 1. The van der Waals surface area contributed by atoms with E-state index in [4.69, 9.17) is 9.47 Å². The molecule has 2 heterocycles. The van der Waals surface area contributed by atoms with Gasteiger partial charge in [0.05, 0.1) is 25.4 Å². The summed E-state index contributed by atoms with van der Waals surface area (Å²) in [6, 6.07) is 1.86. The lowest BCUT2D eigenvalue weighted by Crippen LogP contribution is -2.58. The van der Waals surface area contributed by atoms with Crippen molar-refractivity contribution in [3.8, 4) is 0 Å². The lowest BCUT2D eigenvalue weighted by molar-refractivity contribution is -0.141. The fraction of sp³-hybridized carbons (Fsp3) is 0.556. The Morgan fingerprint density at radius 2 is 1.85 bits per heavy atom. The van der Waals surface area contributed by atoms with Crippen molar-refractivity contribution in [2.45, 2.75) is 107 Å². The summed E-state index contributed by atoms with van der Waals surface area (Å²) in [7, 11) is -2.77. The number of sulfonamides is 1. The van der Waals surface area contributed by atoms with Crippen LogP contribution in [0.25, 0.3) is 0 Å². The van der Waals surface area contributed by atoms with Crippen molar-refractivity contribution < 1.29 is 55.8 Å². The van der Waals surface area contributed by atoms with Crippen LogP contribution >= 0.6 is 0 Å². The van der Waals surface area contributed by atoms with Gasteiger partial charge in [0.25, 0.3) is 5.91 Å². The second kappa shape index (κ2) is 15.8. The van der Waals surface area contributed by atoms with Crippen LogP contribution in [0.3, 0.4) is 0 Å². The van der Waals surface area contributed by atoms with Gasteiger partial charge in [-0.15, -0.1) is 6.58 Å². The number of amides is 5. The Balaban J connectivity index is 1.38. The molecule has 294 valence electrons. The first-order valence-corrected chi connectivity index (χ1v) is 19.2. The predicted molar refractivity (Wildman–Crippen MR) is 189 cm³/mol. The van der Waals surface area contributed by atoms with Crippen molar-refractivity contribution in [2.75, 3.05) is 13.7 Å². The number of rotatable bonds is 13. The minimum Gasteiger partial charge on any atom is -0.466 e. The summed E-state index contributed by atoms with van der Waals surface area (Å²) in [6.45, 7) is 8.32. The molecule has 2 aliphatic carbocycles. The molecular formula is C36H46FN5O11S. The minimum atomic E-state index is -3.97. The smallest absolute Gasteiger partial charge is 0.410 e. The fourth-order valence-corrected chi connectivity index (χ4v) is 7.90. The number of nitrogens with one attached hydrogen (secondary N) is 3. The molecule has 4 aliphatic rings. The van der Waals surface area contributed by atoms with Crippen LogP contribution in [0.1, 0.15) is 70.4 Å². The molecule has 2 aliphatic heterocycles. The number of hydrogen-bond donors (Lipinski definition) is 3. The Bertz CT molecular complexity index is 1840. The maximum atomic E-state index is 14.4. The molecule has 0 unspecified atom stereocenters. The minimum absolute atomic E-state index is 0.0502. The lowest BCUT2D eigenvalue weighted by Gasteiger charge is -2.30. The van der Waals surface area contributed by atoms with E-state index in [9.17, 15) is 41.6 Å². The number of carbonyl (C=O) groups is 6. The number of likely N-dealkylation sites (tertiary alicyclic amines) is 1. The number of ether oxygens (including phenoxy) is 3. The molecule has 1 aromatic carbocycles. The Kier molecular flexibility index (Phi) is 11.7. The molecule has 18 heteroatoms. The van der Waals surface area contributed by atoms with E-state index in [1.165, 1.54) is 36.3 Å². The van der Waals surface area contributed by atoms with Gasteiger partial charge in [0.15, 0.2) is 0 Å². The molecule has 3 fully saturated rings. The molecule has 0 radical (unpaired) electrons. The molecule has 5 rings (SSSR count). The van der Waals surface area contributed by atoms with Crippen LogP contribution in [0.4, 0.5) is 14.0 Å². The zero-order chi connectivity index (χ0) is 39.6. The van der Waals surface area contributed by atoms with Gasteiger partial charge in [-0.3, -0.25) is 24.0 Å². The predicted octanol–water partition coefficient (Wildman–Crippen LogP) is 2.32. The molecule has 1 saturated heterocycles. The molecule has 2 saturated carbocycles. The second-order valence-corrected chi connectivity index (χ2v) is 16.8. The van der Waals surface area contributed by atoms with Crippen LogP contribution in [0.15, 0.2) is 43.0 Å². The molecule has 1 aromatic rings. The van der Waals surface area contributed by atoms with E-state index in [1.54, 1.807) is 26.8 Å². The third-order valence-electron chi connectivity index (χ3n) is 9.62. The third kappa shape index (κ3) is 9.37. The maximum absolute atomic E-state index is 14.4. The lowest BCUT2D eigenvalue weighted by atomic mass is 10.1. The van der Waals surface area contributed by atoms with Crippen molar-refractivity contribution >= 4 is 45.9 Å². The van der Waals surface area contributed by atoms with Crippen molar-refractivity contribution in [2.24, 2.45) is 5.92 Å². The van der Waals surface area contributed by atoms with Gasteiger partial charge in [-0.2, -0.15) is 0 Å². The van der Waals surface area contributed by atoms with Crippen LogP contribution in [0.2, 0.25) is 0 Å². The first-order valence-electron chi connectivity index (χ1n) is 17.6. The van der Waals surface area contributed by atoms with Gasteiger partial charge in [0.1, 0.15) is 35.1 Å². The number of nitrogens with zero attached hydrogens (tertiary/aromatic N) is 2. The topological polar surface area (TPSA) is 207 Å². The van der Waals surface area contributed by atoms with Crippen molar-refractivity contribution in [1.82, 2.24) is 25.2 Å². The average molecular weight is 776 g/mol. The molecule has 0 bridgehead atoms. The molecule has 0 aromatic heterocycles. The van der Waals surface area contributed by atoms with Crippen LogP contribution in [-0.2, 0) is 56.5 Å². The van der Waals surface area contributed by atoms with Crippen LogP contribution < -0.4 is 15.4 Å². The normalized spacial score (nSPS) is 23.9. The summed E-state index contributed by atoms with van der Waals surface area (Å²) in [6.07, 6.45) is 1.91. The molecule has 3 N–H and O–H groups in total. The number of allylic oxidation sites excluding steroid dienone is 1. The van der Waals surface area contributed by atoms with E-state index < -0.39 is 92.2 Å². The summed E-state index contributed by atoms with van der Waals surface area (Å²) in [4.78, 5) is 82.1. The number of hydrogen-bond acceptors (Lipinski definition) is 11. The van der Waals surface area contributed by atoms with Crippen LogP contribution in [0.5, 0.6) is 0 Å². The molecule has 5 atom stereocenters. The van der Waals surface area contributed by atoms with Gasteiger partial charge in [0.2, 0.25) is 21.8 Å². The number of carbonyl (C=O) groups excluding carboxylic acids is 6. The van der Waals surface area contributed by atoms with Crippen LogP contribution in [-0.4, -0.2) is 102 Å². The Hall–Kier alpha value is -5.00. The highest BCUT2D eigenvalue weighted by atomic mass is 32.2. The maximum Gasteiger partial charge on any atom is 0.410 e. The van der Waals surface area contributed by atoms with Gasteiger partial charge < -0.3 is 29.7 Å². The van der Waals surface area contributed by atoms with Crippen molar-refractivity contribution in [3.63, 3.8) is 0 Å². The van der Waals surface area contributed by atoms with E-state index in [1.807, 2.05) is 0 Å². The summed E-state index contributed by atoms with van der Waals surface area (Å²) in [5.74, 6) is -4.24. The highest BCUT2D eigenvalue weighted by molar-refractivity contribution is 7.91. The Morgan fingerprint density at radius 1 is 1.13 bits per heavy atom. The van der Waals surface area contributed by atoms with E-state index >= 15 is 0 Å². The second-order valence-electron chi connectivity index (χ2n) is 14.9. The third-order valence-corrected chi connectivity index (χ3v) is 11.4. The first kappa shape index (κ1) is 40.2. The Morgan fingerprint density at radius 3 is 2.46 bits per heavy atom. The highest BCUT2D eigenvalue weighted by Crippen LogP contribution is 2.45. The first-order chi connectivity index (χ1) is 25.4. The van der Waals surface area contributed by atoms with Gasteiger partial charge in [0, 0.05) is 30.5 Å². The number of esters is 1. The number of alkyl carbamates (subject to hydrolysis) is 1. The summed E-state index contributed by atoms with van der Waals surface area (Å²) >= 11 is 0. The van der Waals surface area contributed by atoms with Crippen LogP contribution in [0, 0.1) is 11.7 Å². The number of benzene rings is 1. The summed E-state index contributed by atoms with van der Waals surface area (Å²) in [5, 5.41) is 4.49. The zero-order valence-electron chi connectivity index (χ0n) is 30.6. The largest absolute Gasteiger partial charge is 0.466 e. The highest BCUT2D eigenvalue weighted by Gasteiger charge is 2.62. The van der Waals surface area contributed by atoms with E-state index in [0.717, 1.165) is 11.0 Å². The van der Waals surface area contributed by atoms with Gasteiger partial charge in [-0.05, 0) is 64.5 Å². The Labute approximate surface area is 312 Å². The molecule has 16 nitrogen and oxygen atoms in total. The standard InChI is InChI=1S/C36H46FN5O11S/c1-6-22-17-36(22,32(46)40-54(49,50)24-14-15-24)39-30(44)28-16-23(52-34(48)41-18-21-10-9-11-26(37)25(21)20-41)19-42(28)31(45)27(12-7-8-13-29(43)51-5)38-33(47)53-35(2,3)4/h6,8-11,13,22-24,27-28H,1,7,12,14-20H2,2-5H3,(H,38,47)(H,39,44)(H,40,46)/b13-8+/t22-,23-,27-,28+,36-/m1/s1. The summed E-state index contributed by atoms with van der Waals surface area (Å²) < 4.78 is 57.5. The van der Waals surface area contributed by atoms with Gasteiger partial charge in [-0.1, -0.05) is 24.3 Å². The van der Waals surface area contributed by atoms with Gasteiger partial charge in [-0.25, -0.2) is 27.2 Å². The number of methoxy groups -OCH3 is 1. The monoisotopic (exact) mass is 775 g/mol. The number of halogens is 1. The molecular weight excluding hydrogens is 729 g/mol. The summed E-state index contributed by atoms with van der Waals surface area (Å²) in [5.41, 5.74) is -1.63. The quantitative estimate of drug-likeness (QED) is 0.115. The van der Waals surface area contributed by atoms with Gasteiger partial charge >= 0.3 is 18.2 Å². The zero-order valence-corrected chi connectivity index (χ0v) is 31.4. The fourth-order valence-electron chi connectivity index (χ4n) is 6.54. The van der Waals surface area contributed by atoms with Crippen molar-refractivity contribution in [1.29, 1.82) is 0 Å². The molecule has 5 amide bonds. The van der Waals surface area contributed by atoms with E-state index in [2.05, 4.69) is 26.7 Å². The van der Waals surface area contributed by atoms with Crippen molar-refractivity contribution in [3.05, 3.63) is 60.0 Å².